The van der Waals surface area contributed by atoms with Gasteiger partial charge in [-0.3, -0.25) is 4.79 Å². The summed E-state index contributed by atoms with van der Waals surface area (Å²) in [5.41, 5.74) is 3.45. The second-order valence-electron chi connectivity index (χ2n) is 7.81. The van der Waals surface area contributed by atoms with Gasteiger partial charge in [0.05, 0.1) is 12.1 Å². The molecular weight excluding hydrogens is 390 g/mol. The number of carbonyl (C=O) groups is 1. The van der Waals surface area contributed by atoms with Crippen molar-refractivity contribution in [1.82, 2.24) is 10.1 Å². The highest BCUT2D eigenvalue weighted by Crippen LogP contribution is 2.34. The third-order valence-corrected chi connectivity index (χ3v) is 5.64. The van der Waals surface area contributed by atoms with Gasteiger partial charge in [-0.1, -0.05) is 53.7 Å². The second-order valence-corrected chi connectivity index (χ2v) is 7.81. The summed E-state index contributed by atoms with van der Waals surface area (Å²) in [5, 5.41) is 4.43. The maximum absolute atomic E-state index is 13.4. The van der Waals surface area contributed by atoms with E-state index in [-0.39, 0.29) is 5.91 Å². The van der Waals surface area contributed by atoms with Crippen LogP contribution in [-0.4, -0.2) is 49.3 Å². The Morgan fingerprint density at radius 2 is 1.74 bits per heavy atom. The number of ether oxygens (including phenoxy) is 1. The van der Waals surface area contributed by atoms with E-state index in [1.54, 1.807) is 7.11 Å². The number of nitrogens with zero attached hydrogens (tertiary/aromatic N) is 3. The van der Waals surface area contributed by atoms with Crippen molar-refractivity contribution in [3.8, 4) is 11.3 Å². The Morgan fingerprint density at radius 1 is 1.06 bits per heavy atom. The van der Waals surface area contributed by atoms with Crippen molar-refractivity contribution >= 4 is 11.8 Å². The molecule has 0 aliphatic carbocycles. The van der Waals surface area contributed by atoms with Gasteiger partial charge in [0.25, 0.3) is 5.91 Å². The zero-order chi connectivity index (χ0) is 21.5. The topological polar surface area (TPSA) is 58.8 Å². The fourth-order valence-corrected chi connectivity index (χ4v) is 4.04. The van der Waals surface area contributed by atoms with Gasteiger partial charge in [-0.25, -0.2) is 0 Å². The van der Waals surface area contributed by atoms with Crippen LogP contribution in [0.5, 0.6) is 0 Å². The highest BCUT2D eigenvalue weighted by Gasteiger charge is 2.27. The third-order valence-electron chi connectivity index (χ3n) is 5.64. The standard InChI is InChI=1S/C25H29N3O3/c1-30-18-10-17-28(24(29)21-13-6-3-7-14-21)19-22-23(20-11-4-2-5-12-20)26-31-25(22)27-15-8-9-16-27/h2-7,11-14H,8-10,15-19H2,1H3. The summed E-state index contributed by atoms with van der Waals surface area (Å²) in [4.78, 5) is 17.5. The first-order valence-corrected chi connectivity index (χ1v) is 10.9. The molecular formula is C25H29N3O3. The number of aromatic nitrogens is 1. The van der Waals surface area contributed by atoms with E-state index in [4.69, 9.17) is 9.26 Å². The molecule has 0 bridgehead atoms. The van der Waals surface area contributed by atoms with Gasteiger partial charge >= 0.3 is 0 Å². The molecule has 1 aliphatic rings. The molecule has 6 nitrogen and oxygen atoms in total. The van der Waals surface area contributed by atoms with Crippen LogP contribution in [0.25, 0.3) is 11.3 Å². The summed E-state index contributed by atoms with van der Waals surface area (Å²) in [7, 11) is 1.68. The number of amides is 1. The molecule has 0 radical (unpaired) electrons. The lowest BCUT2D eigenvalue weighted by Crippen LogP contribution is -2.33. The first-order chi connectivity index (χ1) is 15.3. The van der Waals surface area contributed by atoms with Gasteiger partial charge in [-0.15, -0.1) is 0 Å². The van der Waals surface area contributed by atoms with Crippen molar-refractivity contribution < 1.29 is 14.1 Å². The highest BCUT2D eigenvalue weighted by molar-refractivity contribution is 5.94. The van der Waals surface area contributed by atoms with Gasteiger partial charge in [0.2, 0.25) is 5.88 Å². The summed E-state index contributed by atoms with van der Waals surface area (Å²) >= 11 is 0. The van der Waals surface area contributed by atoms with Crippen LogP contribution in [0.4, 0.5) is 5.88 Å². The molecule has 4 rings (SSSR count). The monoisotopic (exact) mass is 419 g/mol. The maximum Gasteiger partial charge on any atom is 0.254 e. The zero-order valence-electron chi connectivity index (χ0n) is 18.0. The summed E-state index contributed by atoms with van der Waals surface area (Å²) in [6.07, 6.45) is 3.04. The van der Waals surface area contributed by atoms with Gasteiger partial charge in [0.1, 0.15) is 5.69 Å². The molecule has 31 heavy (non-hydrogen) atoms. The quantitative estimate of drug-likeness (QED) is 0.474. The average molecular weight is 420 g/mol. The van der Waals surface area contributed by atoms with E-state index in [0.29, 0.717) is 25.3 Å². The van der Waals surface area contributed by atoms with E-state index in [9.17, 15) is 4.79 Å². The predicted octanol–water partition coefficient (Wildman–Crippen LogP) is 4.62. The molecule has 1 amide bonds. The predicted molar refractivity (Wildman–Crippen MR) is 121 cm³/mol. The zero-order valence-corrected chi connectivity index (χ0v) is 18.0. The van der Waals surface area contributed by atoms with Gasteiger partial charge in [-0.05, 0) is 31.4 Å². The molecule has 162 valence electrons. The van der Waals surface area contributed by atoms with Crippen molar-refractivity contribution in [1.29, 1.82) is 0 Å². The van der Waals surface area contributed by atoms with Gasteiger partial charge < -0.3 is 19.1 Å². The summed E-state index contributed by atoms with van der Waals surface area (Å²) in [6.45, 7) is 3.55. The van der Waals surface area contributed by atoms with E-state index >= 15 is 0 Å². The van der Waals surface area contributed by atoms with Crippen LogP contribution in [0.1, 0.15) is 35.2 Å². The largest absolute Gasteiger partial charge is 0.385 e. The summed E-state index contributed by atoms with van der Waals surface area (Å²) in [6, 6.07) is 19.5. The van der Waals surface area contributed by atoms with E-state index < -0.39 is 0 Å². The first kappa shape index (κ1) is 21.1. The Bertz CT molecular complexity index is 966. The van der Waals surface area contributed by atoms with Crippen LogP contribution in [-0.2, 0) is 11.3 Å². The van der Waals surface area contributed by atoms with Crippen molar-refractivity contribution in [2.24, 2.45) is 0 Å². The smallest absolute Gasteiger partial charge is 0.254 e. The molecule has 2 aromatic carbocycles. The second kappa shape index (κ2) is 10.3. The SMILES string of the molecule is COCCCN(Cc1c(-c2ccccc2)noc1N1CCCC1)C(=O)c1ccccc1. The van der Waals surface area contributed by atoms with E-state index in [2.05, 4.69) is 10.1 Å². The van der Waals surface area contributed by atoms with Gasteiger partial charge in [0.15, 0.2) is 0 Å². The molecule has 1 aromatic heterocycles. The number of rotatable bonds is 9. The normalized spacial score (nSPS) is 13.5. The Hall–Kier alpha value is -3.12. The maximum atomic E-state index is 13.4. The molecule has 6 heteroatoms. The molecule has 0 atom stereocenters. The van der Waals surface area contributed by atoms with Crippen molar-refractivity contribution in [3.05, 3.63) is 71.8 Å². The number of carbonyl (C=O) groups excluding carboxylic acids is 1. The molecule has 0 unspecified atom stereocenters. The minimum Gasteiger partial charge on any atom is -0.385 e. The Morgan fingerprint density at radius 3 is 2.42 bits per heavy atom. The highest BCUT2D eigenvalue weighted by atomic mass is 16.5. The van der Waals surface area contributed by atoms with Crippen LogP contribution < -0.4 is 4.90 Å². The van der Waals surface area contributed by atoms with E-state index in [1.807, 2.05) is 65.6 Å². The minimum atomic E-state index is 0.00397. The average Bonchev–Trinajstić information content (AvgIpc) is 3.49. The summed E-state index contributed by atoms with van der Waals surface area (Å²) < 4.78 is 11.1. The van der Waals surface area contributed by atoms with Crippen LogP contribution >= 0.6 is 0 Å². The molecule has 0 spiro atoms. The van der Waals surface area contributed by atoms with Crippen molar-refractivity contribution in [2.45, 2.75) is 25.8 Å². The van der Waals surface area contributed by atoms with Crippen molar-refractivity contribution in [2.75, 3.05) is 38.3 Å². The van der Waals surface area contributed by atoms with E-state index in [0.717, 1.165) is 55.1 Å². The molecule has 0 saturated carbocycles. The Balaban J connectivity index is 1.68. The fraction of sp³-hybridized carbons (Fsp3) is 0.360. The van der Waals surface area contributed by atoms with Crippen LogP contribution in [0.2, 0.25) is 0 Å². The van der Waals surface area contributed by atoms with Crippen LogP contribution in [0, 0.1) is 0 Å². The first-order valence-electron chi connectivity index (χ1n) is 10.9. The number of hydrogen-bond donors (Lipinski definition) is 0. The number of benzene rings is 2. The third kappa shape index (κ3) is 4.97. The molecule has 1 fully saturated rings. The number of methoxy groups -OCH3 is 1. The van der Waals surface area contributed by atoms with Crippen LogP contribution in [0.3, 0.4) is 0 Å². The number of hydrogen-bond acceptors (Lipinski definition) is 5. The number of anilines is 1. The Labute approximate surface area is 183 Å². The fourth-order valence-electron chi connectivity index (χ4n) is 4.04. The molecule has 1 saturated heterocycles. The molecule has 3 aromatic rings. The van der Waals surface area contributed by atoms with Crippen LogP contribution in [0.15, 0.2) is 65.2 Å². The lowest BCUT2D eigenvalue weighted by atomic mass is 10.1. The lowest BCUT2D eigenvalue weighted by molar-refractivity contribution is 0.0724. The molecule has 2 heterocycles. The molecule has 0 N–H and O–H groups in total. The van der Waals surface area contributed by atoms with Gasteiger partial charge in [0, 0.05) is 44.5 Å². The van der Waals surface area contributed by atoms with E-state index in [1.165, 1.54) is 0 Å². The van der Waals surface area contributed by atoms with Gasteiger partial charge in [-0.2, -0.15) is 0 Å². The Kier molecular flexibility index (Phi) is 6.99. The lowest BCUT2D eigenvalue weighted by Gasteiger charge is -2.24. The molecule has 1 aliphatic heterocycles. The minimum absolute atomic E-state index is 0.00397. The van der Waals surface area contributed by atoms with Crippen molar-refractivity contribution in [3.63, 3.8) is 0 Å². The summed E-state index contributed by atoms with van der Waals surface area (Å²) in [5.74, 6) is 0.790.